The van der Waals surface area contributed by atoms with Gasteiger partial charge in [0.15, 0.2) is 7.28 Å². The van der Waals surface area contributed by atoms with Gasteiger partial charge in [0.25, 0.3) is 0 Å². The molecule has 0 unspecified atom stereocenters. The lowest BCUT2D eigenvalue weighted by Crippen LogP contribution is -2.30. The predicted molar refractivity (Wildman–Crippen MR) is 85.0 cm³/mol. The summed E-state index contributed by atoms with van der Waals surface area (Å²) >= 11 is 0. The second-order valence-corrected chi connectivity index (χ2v) is 5.03. The molecule has 4 heteroatoms. The topological polar surface area (TPSA) is 15.3 Å². The summed E-state index contributed by atoms with van der Waals surface area (Å²) in [6.07, 6.45) is 3.69. The van der Waals surface area contributed by atoms with Gasteiger partial charge in [-0.05, 0) is 25.0 Å². The van der Waals surface area contributed by atoms with E-state index in [0.29, 0.717) is 12.1 Å². The van der Waals surface area contributed by atoms with Crippen LogP contribution >= 0.6 is 0 Å². The first-order valence-corrected chi connectivity index (χ1v) is 7.03. The van der Waals surface area contributed by atoms with Gasteiger partial charge < -0.3 is 10.2 Å². The molecule has 1 aromatic rings. The Morgan fingerprint density at radius 3 is 3.05 bits per heavy atom. The molecule has 1 aliphatic heterocycles. The van der Waals surface area contributed by atoms with Gasteiger partial charge >= 0.3 is 0 Å². The maximum Gasteiger partial charge on any atom is 0.156 e. The summed E-state index contributed by atoms with van der Waals surface area (Å²) in [5.74, 6) is -0.136. The molecule has 0 atom stereocenters. The minimum absolute atomic E-state index is 0.136. The third-order valence-electron chi connectivity index (χ3n) is 3.71. The molecule has 0 aliphatic carbocycles. The van der Waals surface area contributed by atoms with Gasteiger partial charge in [-0.25, -0.2) is 4.39 Å². The normalized spacial score (nSPS) is 12.7. The van der Waals surface area contributed by atoms with Gasteiger partial charge in [0, 0.05) is 30.9 Å². The van der Waals surface area contributed by atoms with Gasteiger partial charge in [-0.15, -0.1) is 6.58 Å². The van der Waals surface area contributed by atoms with Crippen LogP contribution in [0.15, 0.2) is 31.4 Å². The lowest BCUT2D eigenvalue weighted by molar-refractivity contribution is 0.433. The van der Waals surface area contributed by atoms with Gasteiger partial charge in [0.1, 0.15) is 5.82 Å². The number of hydrogen-bond donors (Lipinski definition) is 1. The minimum Gasteiger partial charge on any atom is -0.366 e. The number of rotatable bonds is 7. The lowest BCUT2D eigenvalue weighted by atomic mass is 9.71. The lowest BCUT2D eigenvalue weighted by Gasteiger charge is -2.26. The molecule has 1 aromatic carbocycles. The van der Waals surface area contributed by atoms with Crippen LogP contribution in [0.25, 0.3) is 5.70 Å². The number of nitrogens with one attached hydrogen (secondary N) is 1. The molecule has 0 bridgehead atoms. The van der Waals surface area contributed by atoms with Gasteiger partial charge in [-0.2, -0.15) is 0 Å². The number of benzene rings is 1. The van der Waals surface area contributed by atoms with E-state index in [9.17, 15) is 4.39 Å². The zero-order valence-corrected chi connectivity index (χ0v) is 12.1. The highest BCUT2D eigenvalue weighted by Gasteiger charge is 2.21. The largest absolute Gasteiger partial charge is 0.366 e. The van der Waals surface area contributed by atoms with Crippen LogP contribution in [0.3, 0.4) is 0 Å². The Bertz CT molecular complexity index is 513. The standard InChI is InChI=1S/C16H21BFN2/c1-4-10-20(11-9-19-3)12(2)14-6-5-13-7-8-17-15(13)16(14)18/h4-6,19H,1-2,7-11H2,3H3. The van der Waals surface area contributed by atoms with Crippen molar-refractivity contribution in [3.8, 4) is 0 Å². The average molecular weight is 271 g/mol. The van der Waals surface area contributed by atoms with E-state index in [4.69, 9.17) is 0 Å². The zero-order valence-electron chi connectivity index (χ0n) is 12.1. The minimum atomic E-state index is -0.136. The van der Waals surface area contributed by atoms with Crippen molar-refractivity contribution in [2.24, 2.45) is 0 Å². The van der Waals surface area contributed by atoms with Crippen LogP contribution in [0.5, 0.6) is 0 Å². The maximum absolute atomic E-state index is 14.6. The predicted octanol–water partition coefficient (Wildman–Crippen LogP) is 1.81. The smallest absolute Gasteiger partial charge is 0.156 e. The molecule has 0 saturated heterocycles. The Morgan fingerprint density at radius 1 is 1.55 bits per heavy atom. The monoisotopic (exact) mass is 271 g/mol. The van der Waals surface area contributed by atoms with Crippen molar-refractivity contribution in [2.75, 3.05) is 26.7 Å². The molecule has 2 nitrogen and oxygen atoms in total. The van der Waals surface area contributed by atoms with Gasteiger partial charge in [0.2, 0.25) is 0 Å². The molecule has 0 fully saturated rings. The second-order valence-electron chi connectivity index (χ2n) is 5.03. The van der Waals surface area contributed by atoms with Gasteiger partial charge in [-0.1, -0.05) is 30.6 Å². The van der Waals surface area contributed by atoms with Crippen LogP contribution in [0, 0.1) is 5.82 Å². The molecule has 0 spiro atoms. The Kier molecular flexibility index (Phi) is 5.02. The number of likely N-dealkylation sites (N-methyl/N-ethyl adjacent to an activating group) is 1. The summed E-state index contributed by atoms with van der Waals surface area (Å²) in [6.45, 7) is 10.1. The van der Waals surface area contributed by atoms with Crippen molar-refractivity contribution in [1.29, 1.82) is 0 Å². The van der Waals surface area contributed by atoms with Crippen LogP contribution in [0.2, 0.25) is 6.32 Å². The number of halogens is 1. The van der Waals surface area contributed by atoms with Crippen LogP contribution in [0.1, 0.15) is 11.1 Å². The van der Waals surface area contributed by atoms with Gasteiger partial charge in [0.05, 0.1) is 0 Å². The first-order chi connectivity index (χ1) is 9.69. The van der Waals surface area contributed by atoms with Crippen molar-refractivity contribution in [3.63, 3.8) is 0 Å². The highest BCUT2D eigenvalue weighted by molar-refractivity contribution is 6.55. The van der Waals surface area contributed by atoms with Crippen LogP contribution in [-0.2, 0) is 6.42 Å². The molecule has 1 heterocycles. The van der Waals surface area contributed by atoms with E-state index in [1.54, 1.807) is 0 Å². The Labute approximate surface area is 121 Å². The van der Waals surface area contributed by atoms with E-state index in [1.165, 1.54) is 0 Å². The summed E-state index contributed by atoms with van der Waals surface area (Å²) in [5, 5.41) is 3.10. The fourth-order valence-electron chi connectivity index (χ4n) is 2.58. The van der Waals surface area contributed by atoms with Crippen LogP contribution in [0.4, 0.5) is 4.39 Å². The molecule has 1 N–H and O–H groups in total. The summed E-state index contributed by atoms with van der Waals surface area (Å²) in [4.78, 5) is 2.04. The molecule has 0 amide bonds. The molecule has 0 aromatic heterocycles. The second kappa shape index (κ2) is 6.75. The molecule has 2 rings (SSSR count). The van der Waals surface area contributed by atoms with E-state index in [2.05, 4.69) is 18.5 Å². The highest BCUT2D eigenvalue weighted by atomic mass is 19.1. The van der Waals surface area contributed by atoms with E-state index in [1.807, 2.05) is 37.4 Å². The summed E-state index contributed by atoms with van der Waals surface area (Å²) in [7, 11) is 3.88. The molecule has 105 valence electrons. The third-order valence-corrected chi connectivity index (χ3v) is 3.71. The molecule has 1 aliphatic rings. The van der Waals surface area contributed by atoms with Crippen molar-refractivity contribution >= 4 is 18.4 Å². The summed E-state index contributed by atoms with van der Waals surface area (Å²) < 4.78 is 14.6. The Balaban J connectivity index is 2.25. The highest BCUT2D eigenvalue weighted by Crippen LogP contribution is 2.22. The molecule has 0 saturated carbocycles. The Morgan fingerprint density at radius 2 is 2.35 bits per heavy atom. The Hall–Kier alpha value is -1.55. The number of hydrogen-bond acceptors (Lipinski definition) is 2. The van der Waals surface area contributed by atoms with Crippen molar-refractivity contribution in [3.05, 3.63) is 48.3 Å². The molecular formula is C16H21BFN2. The zero-order chi connectivity index (χ0) is 14.5. The maximum atomic E-state index is 14.6. The van der Waals surface area contributed by atoms with E-state index in [-0.39, 0.29) is 5.82 Å². The molecular weight excluding hydrogens is 250 g/mol. The van der Waals surface area contributed by atoms with E-state index in [0.717, 1.165) is 42.6 Å². The molecule has 20 heavy (non-hydrogen) atoms. The van der Waals surface area contributed by atoms with Crippen molar-refractivity contribution in [2.45, 2.75) is 12.7 Å². The first-order valence-electron chi connectivity index (χ1n) is 7.03. The van der Waals surface area contributed by atoms with Crippen LogP contribution < -0.4 is 10.8 Å². The summed E-state index contributed by atoms with van der Waals surface area (Å²) in [5.41, 5.74) is 3.18. The SMILES string of the molecule is C=CCN(CCNC)C(=C)c1ccc2c(c1F)[B]CC2. The number of fused-ring (bicyclic) bond motifs is 1. The average Bonchev–Trinajstić information content (AvgIpc) is 2.92. The van der Waals surface area contributed by atoms with Gasteiger partial charge in [-0.3, -0.25) is 0 Å². The van der Waals surface area contributed by atoms with E-state index < -0.39 is 0 Å². The van der Waals surface area contributed by atoms with Crippen molar-refractivity contribution < 1.29 is 4.39 Å². The molecule has 1 radical (unpaired) electrons. The third kappa shape index (κ3) is 2.96. The fraction of sp³-hybridized carbons (Fsp3) is 0.375. The first kappa shape index (κ1) is 14.9. The number of nitrogens with zero attached hydrogens (tertiary/aromatic N) is 1. The fourth-order valence-corrected chi connectivity index (χ4v) is 2.58. The quantitative estimate of drug-likeness (QED) is 0.601. The number of aryl methyl sites for hydroxylation is 1. The van der Waals surface area contributed by atoms with Crippen LogP contribution in [-0.4, -0.2) is 38.9 Å². The summed E-state index contributed by atoms with van der Waals surface area (Å²) in [6, 6.07) is 3.87. The van der Waals surface area contributed by atoms with E-state index >= 15 is 0 Å². The van der Waals surface area contributed by atoms with Crippen molar-refractivity contribution in [1.82, 2.24) is 10.2 Å².